The molecule has 0 aliphatic carbocycles. The van der Waals surface area contributed by atoms with Gasteiger partial charge in [0.2, 0.25) is 0 Å². The van der Waals surface area contributed by atoms with Gasteiger partial charge in [-0.05, 0) is 26.3 Å². The lowest BCUT2D eigenvalue weighted by molar-refractivity contribution is 0.00128. The molecule has 1 aliphatic rings. The van der Waals surface area contributed by atoms with Gasteiger partial charge in [0, 0.05) is 6.61 Å². The van der Waals surface area contributed by atoms with E-state index in [0.29, 0.717) is 13.2 Å². The second-order valence-corrected chi connectivity index (χ2v) is 2.65. The Kier molecular flexibility index (Phi) is 4.50. The Balaban J connectivity index is 1.86. The van der Waals surface area contributed by atoms with Crippen LogP contribution in [0.1, 0.15) is 19.8 Å². The van der Waals surface area contributed by atoms with Crippen molar-refractivity contribution in [3.05, 3.63) is 0 Å². The van der Waals surface area contributed by atoms with Gasteiger partial charge in [-0.1, -0.05) is 0 Å². The molecule has 0 amide bonds. The third-order valence-electron chi connectivity index (χ3n) is 1.77. The molecule has 3 nitrogen and oxygen atoms in total. The molecule has 1 rings (SSSR count). The van der Waals surface area contributed by atoms with Gasteiger partial charge >= 0.3 is 0 Å². The van der Waals surface area contributed by atoms with E-state index in [4.69, 9.17) is 9.47 Å². The van der Waals surface area contributed by atoms with Crippen LogP contribution in [0.4, 0.5) is 0 Å². The molecule has 0 aromatic heterocycles. The van der Waals surface area contributed by atoms with E-state index in [2.05, 4.69) is 5.32 Å². The van der Waals surface area contributed by atoms with E-state index in [0.717, 1.165) is 19.6 Å². The molecule has 66 valence electrons. The number of rotatable bonds is 5. The van der Waals surface area contributed by atoms with E-state index in [1.54, 1.807) is 0 Å². The summed E-state index contributed by atoms with van der Waals surface area (Å²) in [5, 5.41) is 3.26. The van der Waals surface area contributed by atoms with Crippen LogP contribution in [0.5, 0.6) is 0 Å². The van der Waals surface area contributed by atoms with Gasteiger partial charge < -0.3 is 9.47 Å². The molecule has 0 saturated carbocycles. The predicted octanol–water partition coefficient (Wildman–Crippen LogP) is 0.749. The van der Waals surface area contributed by atoms with Gasteiger partial charge in [0.15, 0.2) is 0 Å². The monoisotopic (exact) mass is 159 g/mol. The maximum absolute atomic E-state index is 5.47. The van der Waals surface area contributed by atoms with Gasteiger partial charge in [0.1, 0.15) is 6.23 Å². The Morgan fingerprint density at radius 1 is 1.45 bits per heavy atom. The number of hydrogen-bond donors (Lipinski definition) is 1. The van der Waals surface area contributed by atoms with E-state index >= 15 is 0 Å². The van der Waals surface area contributed by atoms with Gasteiger partial charge in [0.05, 0.1) is 13.2 Å². The largest absolute Gasteiger partial charge is 0.379 e. The van der Waals surface area contributed by atoms with Crippen molar-refractivity contribution in [2.75, 3.05) is 26.4 Å². The summed E-state index contributed by atoms with van der Waals surface area (Å²) in [7, 11) is 0. The van der Waals surface area contributed by atoms with Gasteiger partial charge in [-0.3, -0.25) is 5.32 Å². The van der Waals surface area contributed by atoms with Crippen molar-refractivity contribution in [3.63, 3.8) is 0 Å². The SMILES string of the molecule is CCOCCO[C@@H]1CCCN1. The molecule has 1 saturated heterocycles. The second kappa shape index (κ2) is 5.52. The van der Waals surface area contributed by atoms with Crippen LogP contribution in [0.25, 0.3) is 0 Å². The molecule has 0 aromatic carbocycles. The number of ether oxygens (including phenoxy) is 2. The summed E-state index contributed by atoms with van der Waals surface area (Å²) in [6.45, 7) is 5.30. The fourth-order valence-electron chi connectivity index (χ4n) is 1.19. The summed E-state index contributed by atoms with van der Waals surface area (Å²) in [6.07, 6.45) is 2.67. The maximum atomic E-state index is 5.47. The molecule has 3 heteroatoms. The third kappa shape index (κ3) is 3.70. The molecule has 1 atom stereocenters. The van der Waals surface area contributed by atoms with Crippen molar-refractivity contribution in [2.45, 2.75) is 26.0 Å². The van der Waals surface area contributed by atoms with Crippen LogP contribution in [0.15, 0.2) is 0 Å². The minimum Gasteiger partial charge on any atom is -0.379 e. The van der Waals surface area contributed by atoms with Crippen LogP contribution in [-0.4, -0.2) is 32.6 Å². The average Bonchev–Trinajstić information content (AvgIpc) is 2.50. The minimum atomic E-state index is 0.287. The first-order chi connectivity index (χ1) is 5.43. The Bertz CT molecular complexity index is 92.1. The third-order valence-corrected chi connectivity index (χ3v) is 1.77. The van der Waals surface area contributed by atoms with Crippen molar-refractivity contribution in [1.29, 1.82) is 0 Å². The Hall–Kier alpha value is -0.120. The molecule has 1 N–H and O–H groups in total. The fourth-order valence-corrected chi connectivity index (χ4v) is 1.19. The second-order valence-electron chi connectivity index (χ2n) is 2.65. The first-order valence-electron chi connectivity index (χ1n) is 4.36. The lowest BCUT2D eigenvalue weighted by Gasteiger charge is -2.10. The van der Waals surface area contributed by atoms with Crippen LogP contribution in [0.2, 0.25) is 0 Å². The lowest BCUT2D eigenvalue weighted by atomic mass is 10.4. The molecule has 0 radical (unpaired) electrons. The zero-order chi connectivity index (χ0) is 7.94. The van der Waals surface area contributed by atoms with Gasteiger partial charge in [0.25, 0.3) is 0 Å². The fraction of sp³-hybridized carbons (Fsp3) is 1.00. The zero-order valence-electron chi connectivity index (χ0n) is 7.14. The van der Waals surface area contributed by atoms with Crippen molar-refractivity contribution in [1.82, 2.24) is 5.32 Å². The standard InChI is InChI=1S/C8H17NO2/c1-2-10-6-7-11-8-4-3-5-9-8/h8-9H,2-7H2,1H3/t8-/m1/s1. The van der Waals surface area contributed by atoms with Crippen molar-refractivity contribution in [2.24, 2.45) is 0 Å². The summed E-state index contributed by atoms with van der Waals surface area (Å²) >= 11 is 0. The highest BCUT2D eigenvalue weighted by Crippen LogP contribution is 2.05. The predicted molar refractivity (Wildman–Crippen MR) is 43.5 cm³/mol. The Morgan fingerprint density at radius 2 is 2.36 bits per heavy atom. The summed E-state index contributed by atoms with van der Waals surface area (Å²) in [5.74, 6) is 0. The van der Waals surface area contributed by atoms with E-state index < -0.39 is 0 Å². The van der Waals surface area contributed by atoms with Crippen LogP contribution in [-0.2, 0) is 9.47 Å². The van der Waals surface area contributed by atoms with Crippen LogP contribution >= 0.6 is 0 Å². The summed E-state index contributed by atoms with van der Waals surface area (Å²) in [4.78, 5) is 0. The number of nitrogens with one attached hydrogen (secondary N) is 1. The van der Waals surface area contributed by atoms with E-state index in [1.807, 2.05) is 6.92 Å². The van der Waals surface area contributed by atoms with Crippen LogP contribution < -0.4 is 5.32 Å². The molecule has 1 heterocycles. The van der Waals surface area contributed by atoms with Crippen molar-refractivity contribution >= 4 is 0 Å². The summed E-state index contributed by atoms with van der Waals surface area (Å²) in [6, 6.07) is 0. The quantitative estimate of drug-likeness (QED) is 0.600. The first kappa shape index (κ1) is 8.97. The highest BCUT2D eigenvalue weighted by molar-refractivity contribution is 4.64. The molecule has 11 heavy (non-hydrogen) atoms. The normalized spacial score (nSPS) is 24.3. The number of hydrogen-bond acceptors (Lipinski definition) is 3. The van der Waals surface area contributed by atoms with Gasteiger partial charge in [-0.15, -0.1) is 0 Å². The molecular formula is C8H17NO2. The highest BCUT2D eigenvalue weighted by atomic mass is 16.5. The van der Waals surface area contributed by atoms with E-state index in [1.165, 1.54) is 6.42 Å². The summed E-state index contributed by atoms with van der Waals surface area (Å²) in [5.41, 5.74) is 0. The van der Waals surface area contributed by atoms with Gasteiger partial charge in [-0.2, -0.15) is 0 Å². The molecule has 1 fully saturated rings. The zero-order valence-corrected chi connectivity index (χ0v) is 7.14. The smallest absolute Gasteiger partial charge is 0.108 e. The highest BCUT2D eigenvalue weighted by Gasteiger charge is 2.12. The van der Waals surface area contributed by atoms with Crippen LogP contribution in [0, 0.1) is 0 Å². The average molecular weight is 159 g/mol. The lowest BCUT2D eigenvalue weighted by Crippen LogP contribution is -2.26. The van der Waals surface area contributed by atoms with E-state index in [9.17, 15) is 0 Å². The Labute approximate surface area is 68.1 Å². The summed E-state index contributed by atoms with van der Waals surface area (Å²) < 4.78 is 10.6. The minimum absolute atomic E-state index is 0.287. The molecule has 0 aromatic rings. The molecule has 1 aliphatic heterocycles. The maximum Gasteiger partial charge on any atom is 0.108 e. The Morgan fingerprint density at radius 3 is 3.00 bits per heavy atom. The van der Waals surface area contributed by atoms with Crippen molar-refractivity contribution < 1.29 is 9.47 Å². The van der Waals surface area contributed by atoms with Crippen LogP contribution in [0.3, 0.4) is 0 Å². The first-order valence-corrected chi connectivity index (χ1v) is 4.36. The van der Waals surface area contributed by atoms with E-state index in [-0.39, 0.29) is 6.23 Å². The molecular weight excluding hydrogens is 142 g/mol. The molecule has 0 bridgehead atoms. The topological polar surface area (TPSA) is 30.5 Å². The van der Waals surface area contributed by atoms with Gasteiger partial charge in [-0.25, -0.2) is 0 Å². The molecule has 0 spiro atoms. The van der Waals surface area contributed by atoms with Crippen molar-refractivity contribution in [3.8, 4) is 0 Å². The molecule has 0 unspecified atom stereocenters.